The summed E-state index contributed by atoms with van der Waals surface area (Å²) in [7, 11) is -4.39. The number of fused-ring (bicyclic) bond motifs is 1. The zero-order chi connectivity index (χ0) is 27.0. The Morgan fingerprint density at radius 3 is 2.19 bits per heavy atom. The van der Waals surface area contributed by atoms with Crippen molar-refractivity contribution in [2.75, 3.05) is 0 Å². The van der Waals surface area contributed by atoms with Crippen LogP contribution in [0.3, 0.4) is 0 Å². The van der Waals surface area contributed by atoms with Crippen molar-refractivity contribution in [3.63, 3.8) is 0 Å². The lowest BCUT2D eigenvalue weighted by Gasteiger charge is -2.11. The number of nitro groups is 2. The van der Waals surface area contributed by atoms with Gasteiger partial charge in [-0.1, -0.05) is 18.2 Å². The van der Waals surface area contributed by atoms with Gasteiger partial charge in [-0.15, -0.1) is 0 Å². The molecule has 0 aliphatic heterocycles. The molecule has 10 nitrogen and oxygen atoms in total. The first-order valence-corrected chi connectivity index (χ1v) is 11.9. The number of hydrogen-bond donors (Lipinski definition) is 0. The molecule has 0 saturated heterocycles. The second-order valence-corrected chi connectivity index (χ2v) is 9.64. The number of pyridine rings is 1. The standard InChI is InChI=1S/C23H14F3N3O7S/c24-23(25,26)15-6-9-21(19(12-15)29(32)33)37(34,35)13-14-4-7-16(8-5-14)36-20-10-11-27-22-17(20)2-1-3-18(22)28(30)31/h1-12H,13H2. The molecule has 0 N–H and O–H groups in total. The predicted molar refractivity (Wildman–Crippen MR) is 124 cm³/mol. The van der Waals surface area contributed by atoms with Gasteiger partial charge in [0.1, 0.15) is 16.4 Å². The maximum atomic E-state index is 12.9. The average Bonchev–Trinajstić information content (AvgIpc) is 2.84. The molecule has 0 aliphatic carbocycles. The molecule has 0 unspecified atom stereocenters. The van der Waals surface area contributed by atoms with Gasteiger partial charge in [-0.2, -0.15) is 13.2 Å². The van der Waals surface area contributed by atoms with E-state index >= 15 is 0 Å². The fourth-order valence-electron chi connectivity index (χ4n) is 3.55. The molecule has 0 fully saturated rings. The first-order valence-electron chi connectivity index (χ1n) is 10.2. The van der Waals surface area contributed by atoms with Gasteiger partial charge < -0.3 is 4.74 Å². The number of aromatic nitrogens is 1. The Morgan fingerprint density at radius 2 is 1.57 bits per heavy atom. The molecule has 0 spiro atoms. The summed E-state index contributed by atoms with van der Waals surface area (Å²) in [6.45, 7) is 0. The van der Waals surface area contributed by atoms with Crippen LogP contribution in [0.5, 0.6) is 11.5 Å². The number of ether oxygens (including phenoxy) is 1. The molecule has 14 heteroatoms. The van der Waals surface area contributed by atoms with Crippen molar-refractivity contribution >= 4 is 32.1 Å². The zero-order valence-electron chi connectivity index (χ0n) is 18.4. The second kappa shape index (κ2) is 9.46. The van der Waals surface area contributed by atoms with E-state index in [0.717, 1.165) is 0 Å². The third kappa shape index (κ3) is 5.33. The molecule has 37 heavy (non-hydrogen) atoms. The Bertz CT molecular complexity index is 1640. The van der Waals surface area contributed by atoms with Gasteiger partial charge in [0.2, 0.25) is 0 Å². The van der Waals surface area contributed by atoms with Crippen LogP contribution in [0.2, 0.25) is 0 Å². The predicted octanol–water partition coefficient (Wildman–Crippen LogP) is 5.84. The highest BCUT2D eigenvalue weighted by Crippen LogP contribution is 2.36. The minimum absolute atomic E-state index is 0.117. The first kappa shape index (κ1) is 25.5. The lowest BCUT2D eigenvalue weighted by molar-refractivity contribution is -0.388. The molecule has 4 rings (SSSR count). The molecule has 0 atom stereocenters. The summed E-state index contributed by atoms with van der Waals surface area (Å²) in [5.74, 6) is -0.209. The number of non-ortho nitro benzene ring substituents is 1. The molecular formula is C23H14F3N3O7S. The number of hydrogen-bond acceptors (Lipinski definition) is 8. The van der Waals surface area contributed by atoms with Crippen molar-refractivity contribution in [3.8, 4) is 11.5 Å². The monoisotopic (exact) mass is 533 g/mol. The molecule has 190 valence electrons. The van der Waals surface area contributed by atoms with E-state index in [2.05, 4.69) is 4.98 Å². The summed E-state index contributed by atoms with van der Waals surface area (Å²) >= 11 is 0. The largest absolute Gasteiger partial charge is 0.457 e. The minimum atomic E-state index is -4.88. The molecule has 4 aromatic rings. The molecule has 0 bridgehead atoms. The van der Waals surface area contributed by atoms with Crippen LogP contribution < -0.4 is 4.74 Å². The summed E-state index contributed by atoms with van der Waals surface area (Å²) in [4.78, 5) is 24.0. The highest BCUT2D eigenvalue weighted by Gasteiger charge is 2.35. The number of alkyl halides is 3. The second-order valence-electron chi connectivity index (χ2n) is 7.68. The number of halogens is 3. The number of rotatable bonds is 7. The SMILES string of the molecule is O=[N+]([O-])c1cc(C(F)(F)F)ccc1S(=O)(=O)Cc1ccc(Oc2ccnc3c([N+](=O)[O-])cccc23)cc1. The molecule has 1 aromatic heterocycles. The molecule has 0 radical (unpaired) electrons. The van der Waals surface area contributed by atoms with Gasteiger partial charge in [0.15, 0.2) is 15.4 Å². The Labute approximate surface area is 206 Å². The van der Waals surface area contributed by atoms with Crippen LogP contribution in [0.1, 0.15) is 11.1 Å². The maximum Gasteiger partial charge on any atom is 0.416 e. The molecule has 0 saturated carbocycles. The van der Waals surface area contributed by atoms with Crippen LogP contribution >= 0.6 is 0 Å². The summed E-state index contributed by atoms with van der Waals surface area (Å²) in [5.41, 5.74) is -2.41. The van der Waals surface area contributed by atoms with Crippen LogP contribution in [0.15, 0.2) is 77.8 Å². The smallest absolute Gasteiger partial charge is 0.416 e. The zero-order valence-corrected chi connectivity index (χ0v) is 19.2. The Morgan fingerprint density at radius 1 is 0.892 bits per heavy atom. The van der Waals surface area contributed by atoms with Crippen LogP contribution in [0, 0.1) is 20.2 Å². The molecule has 1 heterocycles. The summed E-state index contributed by atoms with van der Waals surface area (Å²) in [5, 5.41) is 22.9. The van der Waals surface area contributed by atoms with Gasteiger partial charge in [0, 0.05) is 23.7 Å². The Hall–Kier alpha value is -4.59. The van der Waals surface area contributed by atoms with Gasteiger partial charge in [-0.25, -0.2) is 13.4 Å². The number of nitrogens with zero attached hydrogens (tertiary/aromatic N) is 3. The van der Waals surface area contributed by atoms with Gasteiger partial charge in [0.25, 0.3) is 11.4 Å². The fraction of sp³-hybridized carbons (Fsp3) is 0.0870. The highest BCUT2D eigenvalue weighted by atomic mass is 32.2. The van der Waals surface area contributed by atoms with E-state index in [-0.39, 0.29) is 34.3 Å². The van der Waals surface area contributed by atoms with E-state index in [9.17, 15) is 41.8 Å². The highest BCUT2D eigenvalue weighted by molar-refractivity contribution is 7.90. The van der Waals surface area contributed by atoms with Crippen molar-refractivity contribution in [1.82, 2.24) is 4.98 Å². The van der Waals surface area contributed by atoms with E-state index in [1.54, 1.807) is 6.07 Å². The van der Waals surface area contributed by atoms with Crippen LogP contribution in [-0.4, -0.2) is 23.2 Å². The van der Waals surface area contributed by atoms with Crippen LogP contribution in [0.4, 0.5) is 24.5 Å². The van der Waals surface area contributed by atoms with Crippen molar-refractivity contribution in [1.29, 1.82) is 0 Å². The third-order valence-corrected chi connectivity index (χ3v) is 6.96. The van der Waals surface area contributed by atoms with Crippen LogP contribution in [0.25, 0.3) is 10.9 Å². The van der Waals surface area contributed by atoms with E-state index < -0.39 is 47.8 Å². The number of benzene rings is 3. The van der Waals surface area contributed by atoms with Gasteiger partial charge in [0.05, 0.1) is 21.2 Å². The van der Waals surface area contributed by atoms with E-state index in [1.807, 2.05) is 0 Å². The first-order chi connectivity index (χ1) is 17.4. The van der Waals surface area contributed by atoms with E-state index in [4.69, 9.17) is 4.74 Å². The molecular weight excluding hydrogens is 519 g/mol. The molecule has 0 amide bonds. The summed E-state index contributed by atoms with van der Waals surface area (Å²) in [6.07, 6.45) is -3.55. The number of nitro benzene ring substituents is 2. The fourth-order valence-corrected chi connectivity index (χ4v) is 5.06. The van der Waals surface area contributed by atoms with Gasteiger partial charge >= 0.3 is 6.18 Å². The van der Waals surface area contributed by atoms with Gasteiger partial charge in [-0.3, -0.25) is 20.2 Å². The van der Waals surface area contributed by atoms with Gasteiger partial charge in [-0.05, 0) is 42.0 Å². The Kier molecular flexibility index (Phi) is 6.52. The number of para-hydroxylation sites is 1. The van der Waals surface area contributed by atoms with Crippen molar-refractivity contribution in [2.24, 2.45) is 0 Å². The van der Waals surface area contributed by atoms with Crippen molar-refractivity contribution in [2.45, 2.75) is 16.8 Å². The molecule has 3 aromatic carbocycles. The quantitative estimate of drug-likeness (QED) is 0.213. The normalized spacial score (nSPS) is 11.9. The Balaban J connectivity index is 1.59. The number of sulfone groups is 1. The summed E-state index contributed by atoms with van der Waals surface area (Å²) < 4.78 is 70.2. The average molecular weight is 533 g/mol. The topological polar surface area (TPSA) is 143 Å². The van der Waals surface area contributed by atoms with E-state index in [1.165, 1.54) is 48.7 Å². The van der Waals surface area contributed by atoms with E-state index in [0.29, 0.717) is 17.5 Å². The van der Waals surface area contributed by atoms with Crippen molar-refractivity contribution < 1.29 is 36.2 Å². The third-order valence-electron chi connectivity index (χ3n) is 5.23. The lowest BCUT2D eigenvalue weighted by atomic mass is 10.2. The molecule has 0 aliphatic rings. The lowest BCUT2D eigenvalue weighted by Crippen LogP contribution is -2.11. The minimum Gasteiger partial charge on any atom is -0.457 e. The summed E-state index contributed by atoms with van der Waals surface area (Å²) in [6, 6.07) is 12.7. The van der Waals surface area contributed by atoms with Crippen molar-refractivity contribution in [3.05, 3.63) is 104 Å². The maximum absolute atomic E-state index is 12.9. The van der Waals surface area contributed by atoms with Crippen LogP contribution in [-0.2, 0) is 21.8 Å².